The Bertz CT molecular complexity index is 331. The fraction of sp³-hybridized carbons (Fsp3) is 0.714. The molecule has 2 unspecified atom stereocenters. The maximum atomic E-state index is 5.70. The zero-order chi connectivity index (χ0) is 12.1. The molecule has 1 saturated heterocycles. The van der Waals surface area contributed by atoms with E-state index in [2.05, 4.69) is 30.6 Å². The Labute approximate surface area is 108 Å². The normalized spacial score (nSPS) is 21.9. The number of rotatable bonds is 6. The summed E-state index contributed by atoms with van der Waals surface area (Å²) in [7, 11) is 0. The molecule has 17 heavy (non-hydrogen) atoms. The van der Waals surface area contributed by atoms with Crippen LogP contribution >= 0.6 is 11.3 Å². The number of thiophene rings is 1. The van der Waals surface area contributed by atoms with Crippen molar-refractivity contribution < 1.29 is 4.74 Å². The van der Waals surface area contributed by atoms with Crippen molar-refractivity contribution in [1.82, 2.24) is 5.32 Å². The molecule has 1 aliphatic heterocycles. The van der Waals surface area contributed by atoms with E-state index < -0.39 is 0 Å². The minimum atomic E-state index is 0.511. The van der Waals surface area contributed by atoms with Gasteiger partial charge in [0.2, 0.25) is 0 Å². The van der Waals surface area contributed by atoms with Gasteiger partial charge in [-0.3, -0.25) is 0 Å². The first kappa shape index (κ1) is 13.1. The highest BCUT2D eigenvalue weighted by molar-refractivity contribution is 7.10. The third kappa shape index (κ3) is 3.54. The van der Waals surface area contributed by atoms with Crippen LogP contribution in [0.2, 0.25) is 0 Å². The third-order valence-corrected chi connectivity index (χ3v) is 4.60. The quantitative estimate of drug-likeness (QED) is 0.835. The van der Waals surface area contributed by atoms with Crippen molar-refractivity contribution in [1.29, 1.82) is 0 Å². The highest BCUT2D eigenvalue weighted by atomic mass is 32.1. The molecule has 0 saturated carbocycles. The van der Waals surface area contributed by atoms with Crippen molar-refractivity contribution in [3.05, 3.63) is 21.9 Å². The van der Waals surface area contributed by atoms with Crippen molar-refractivity contribution >= 4 is 11.3 Å². The van der Waals surface area contributed by atoms with E-state index >= 15 is 0 Å². The highest BCUT2D eigenvalue weighted by Crippen LogP contribution is 2.29. The van der Waals surface area contributed by atoms with Crippen LogP contribution in [0.1, 0.15) is 49.1 Å². The third-order valence-electron chi connectivity index (χ3n) is 3.47. The maximum absolute atomic E-state index is 5.70. The van der Waals surface area contributed by atoms with E-state index in [-0.39, 0.29) is 0 Å². The number of ether oxygens (including phenoxy) is 1. The molecule has 0 amide bonds. The van der Waals surface area contributed by atoms with Crippen molar-refractivity contribution in [2.45, 2.75) is 51.7 Å². The fourth-order valence-corrected chi connectivity index (χ4v) is 3.58. The van der Waals surface area contributed by atoms with Gasteiger partial charge in [-0.15, -0.1) is 11.3 Å². The summed E-state index contributed by atoms with van der Waals surface area (Å²) < 4.78 is 5.70. The molecule has 1 aromatic rings. The highest BCUT2D eigenvalue weighted by Gasteiger charge is 2.19. The lowest BCUT2D eigenvalue weighted by atomic mass is 10.0. The van der Waals surface area contributed by atoms with Gasteiger partial charge in [-0.25, -0.2) is 0 Å². The molecule has 1 fully saturated rings. The number of nitrogens with one attached hydrogen (secondary N) is 1. The summed E-state index contributed by atoms with van der Waals surface area (Å²) in [5.41, 5.74) is 1.42. The summed E-state index contributed by atoms with van der Waals surface area (Å²) in [5.74, 6) is 0. The Balaban J connectivity index is 1.90. The molecule has 2 heterocycles. The largest absolute Gasteiger partial charge is 0.378 e. The van der Waals surface area contributed by atoms with Crippen LogP contribution in [0.3, 0.4) is 0 Å². The zero-order valence-corrected chi connectivity index (χ0v) is 11.7. The molecule has 0 aromatic carbocycles. The van der Waals surface area contributed by atoms with Gasteiger partial charge in [-0.05, 0) is 56.2 Å². The van der Waals surface area contributed by atoms with Crippen LogP contribution in [0.25, 0.3) is 0 Å². The van der Waals surface area contributed by atoms with Gasteiger partial charge in [0.05, 0.1) is 6.10 Å². The molecule has 2 nitrogen and oxygen atoms in total. The summed E-state index contributed by atoms with van der Waals surface area (Å²) in [4.78, 5) is 1.50. The van der Waals surface area contributed by atoms with Gasteiger partial charge >= 0.3 is 0 Å². The van der Waals surface area contributed by atoms with Crippen LogP contribution in [-0.4, -0.2) is 19.3 Å². The van der Waals surface area contributed by atoms with E-state index in [0.29, 0.717) is 12.1 Å². The lowest BCUT2D eigenvalue weighted by Gasteiger charge is -2.19. The SMILES string of the molecule is CCNC(CCC1CCCO1)c1sccc1C. The van der Waals surface area contributed by atoms with E-state index in [1.807, 2.05) is 11.3 Å². The summed E-state index contributed by atoms with van der Waals surface area (Å²) >= 11 is 1.88. The predicted octanol–water partition coefficient (Wildman–Crippen LogP) is 3.67. The molecule has 1 aliphatic rings. The zero-order valence-electron chi connectivity index (χ0n) is 10.9. The molecule has 96 valence electrons. The Kier molecular flexibility index (Phi) is 5.01. The first-order valence-corrected chi connectivity index (χ1v) is 7.58. The lowest BCUT2D eigenvalue weighted by Crippen LogP contribution is -2.22. The van der Waals surface area contributed by atoms with Gasteiger partial charge in [0.15, 0.2) is 0 Å². The summed E-state index contributed by atoms with van der Waals surface area (Å²) in [6, 6.07) is 2.74. The number of hydrogen-bond acceptors (Lipinski definition) is 3. The predicted molar refractivity (Wildman–Crippen MR) is 73.7 cm³/mol. The smallest absolute Gasteiger partial charge is 0.0576 e. The molecular weight excluding hydrogens is 230 g/mol. The maximum Gasteiger partial charge on any atom is 0.0576 e. The molecular formula is C14H23NOS. The fourth-order valence-electron chi connectivity index (χ4n) is 2.54. The van der Waals surface area contributed by atoms with E-state index in [1.165, 1.54) is 36.1 Å². The van der Waals surface area contributed by atoms with Crippen LogP contribution in [0.15, 0.2) is 11.4 Å². The first-order chi connectivity index (χ1) is 8.31. The topological polar surface area (TPSA) is 21.3 Å². The molecule has 0 bridgehead atoms. The first-order valence-electron chi connectivity index (χ1n) is 6.70. The average Bonchev–Trinajstić information content (AvgIpc) is 2.95. The van der Waals surface area contributed by atoms with E-state index in [1.54, 1.807) is 0 Å². The second-order valence-electron chi connectivity index (χ2n) is 4.79. The molecule has 1 N–H and O–H groups in total. The van der Waals surface area contributed by atoms with E-state index in [4.69, 9.17) is 4.74 Å². The minimum Gasteiger partial charge on any atom is -0.378 e. The van der Waals surface area contributed by atoms with Crippen LogP contribution in [-0.2, 0) is 4.74 Å². The number of hydrogen-bond donors (Lipinski definition) is 1. The molecule has 3 heteroatoms. The molecule has 2 rings (SSSR count). The lowest BCUT2D eigenvalue weighted by molar-refractivity contribution is 0.0997. The molecule has 0 radical (unpaired) electrons. The monoisotopic (exact) mass is 253 g/mol. The minimum absolute atomic E-state index is 0.511. The number of aryl methyl sites for hydroxylation is 1. The van der Waals surface area contributed by atoms with Crippen LogP contribution in [0.4, 0.5) is 0 Å². The average molecular weight is 253 g/mol. The molecule has 0 spiro atoms. The standard InChI is InChI=1S/C14H23NOS/c1-3-15-13(14-11(2)8-10-17-14)7-6-12-5-4-9-16-12/h8,10,12-13,15H,3-7,9H2,1-2H3. The van der Waals surface area contributed by atoms with E-state index in [0.717, 1.165) is 13.2 Å². The Morgan fingerprint density at radius 1 is 1.59 bits per heavy atom. The second kappa shape index (κ2) is 6.53. The molecule has 0 aliphatic carbocycles. The van der Waals surface area contributed by atoms with E-state index in [9.17, 15) is 0 Å². The Hall–Kier alpha value is -0.380. The van der Waals surface area contributed by atoms with Gasteiger partial charge in [-0.1, -0.05) is 6.92 Å². The van der Waals surface area contributed by atoms with Gasteiger partial charge < -0.3 is 10.1 Å². The summed E-state index contributed by atoms with van der Waals surface area (Å²) in [6.45, 7) is 6.40. The van der Waals surface area contributed by atoms with Crippen molar-refractivity contribution in [3.63, 3.8) is 0 Å². The van der Waals surface area contributed by atoms with Gasteiger partial charge in [-0.2, -0.15) is 0 Å². The van der Waals surface area contributed by atoms with Gasteiger partial charge in [0.25, 0.3) is 0 Å². The molecule has 2 atom stereocenters. The summed E-state index contributed by atoms with van der Waals surface area (Å²) in [6.07, 6.45) is 5.39. The second-order valence-corrected chi connectivity index (χ2v) is 5.74. The van der Waals surface area contributed by atoms with Crippen LogP contribution in [0.5, 0.6) is 0 Å². The van der Waals surface area contributed by atoms with Crippen molar-refractivity contribution in [2.24, 2.45) is 0 Å². The van der Waals surface area contributed by atoms with Crippen molar-refractivity contribution in [2.75, 3.05) is 13.2 Å². The molecule has 1 aromatic heterocycles. The van der Waals surface area contributed by atoms with Gasteiger partial charge in [0.1, 0.15) is 0 Å². The Morgan fingerprint density at radius 2 is 2.47 bits per heavy atom. The van der Waals surface area contributed by atoms with Crippen LogP contribution < -0.4 is 5.32 Å². The Morgan fingerprint density at radius 3 is 3.06 bits per heavy atom. The summed E-state index contributed by atoms with van der Waals surface area (Å²) in [5, 5.41) is 5.80. The van der Waals surface area contributed by atoms with Crippen molar-refractivity contribution in [3.8, 4) is 0 Å². The van der Waals surface area contributed by atoms with Crippen LogP contribution in [0, 0.1) is 6.92 Å². The van der Waals surface area contributed by atoms with Gasteiger partial charge in [0, 0.05) is 17.5 Å².